The monoisotopic (exact) mass is 368 g/mol. The third-order valence-corrected chi connectivity index (χ3v) is 4.92. The number of hydrogen-bond donors (Lipinski definition) is 1. The first-order chi connectivity index (χ1) is 13.1. The van der Waals surface area contributed by atoms with E-state index in [9.17, 15) is 0 Å². The van der Waals surface area contributed by atoms with Gasteiger partial charge in [-0.15, -0.1) is 0 Å². The number of methoxy groups -OCH3 is 1. The van der Waals surface area contributed by atoms with Gasteiger partial charge in [0, 0.05) is 53.7 Å². The summed E-state index contributed by atoms with van der Waals surface area (Å²) in [6.45, 7) is 1.52. The van der Waals surface area contributed by atoms with Crippen LogP contribution in [0, 0.1) is 0 Å². The second kappa shape index (κ2) is 6.99. The minimum Gasteiger partial charge on any atom is -0.377 e. The molecule has 0 aliphatic carbocycles. The molecule has 0 unspecified atom stereocenters. The predicted octanol–water partition coefficient (Wildman–Crippen LogP) is 1.14. The minimum absolute atomic E-state index is 0.0284. The first kappa shape index (κ1) is 17.5. The number of anilines is 3. The molecule has 4 heterocycles. The molecule has 0 amide bonds. The van der Waals surface area contributed by atoms with E-state index in [0.29, 0.717) is 5.95 Å². The quantitative estimate of drug-likeness (QED) is 0.718. The van der Waals surface area contributed by atoms with Gasteiger partial charge in [-0.05, 0) is 12.1 Å². The number of aryl methyl sites for hydroxylation is 1. The van der Waals surface area contributed by atoms with Crippen LogP contribution in [0.15, 0.2) is 30.7 Å². The molecule has 3 aromatic rings. The number of nitrogens with zero attached hydrogens (tertiary/aromatic N) is 7. The number of hydrogen-bond acceptors (Lipinski definition) is 8. The van der Waals surface area contributed by atoms with Crippen LogP contribution in [0.2, 0.25) is 0 Å². The van der Waals surface area contributed by atoms with Crippen molar-refractivity contribution in [3.05, 3.63) is 30.7 Å². The lowest BCUT2D eigenvalue weighted by atomic mass is 10.2. The summed E-state index contributed by atoms with van der Waals surface area (Å²) in [5.74, 6) is 2.40. The lowest BCUT2D eigenvalue weighted by Crippen LogP contribution is -2.34. The average molecular weight is 368 g/mol. The molecule has 0 radical (unpaired) electrons. The van der Waals surface area contributed by atoms with Crippen molar-refractivity contribution in [3.8, 4) is 0 Å². The highest BCUT2D eigenvalue weighted by Crippen LogP contribution is 2.25. The van der Waals surface area contributed by atoms with Crippen LogP contribution in [0.3, 0.4) is 0 Å². The molecule has 4 rings (SSSR count). The Morgan fingerprint density at radius 2 is 2.04 bits per heavy atom. The number of nitrogens with one attached hydrogen (secondary N) is 1. The van der Waals surface area contributed by atoms with E-state index in [-0.39, 0.29) is 12.1 Å². The van der Waals surface area contributed by atoms with E-state index in [4.69, 9.17) is 4.74 Å². The molecule has 9 heteroatoms. The van der Waals surface area contributed by atoms with Crippen molar-refractivity contribution >= 4 is 28.7 Å². The number of imidazole rings is 1. The molecule has 0 aromatic carbocycles. The third-order valence-electron chi connectivity index (χ3n) is 4.92. The smallest absolute Gasteiger partial charge is 0.226 e. The molecule has 142 valence electrons. The maximum atomic E-state index is 5.73. The molecule has 9 nitrogen and oxygen atoms in total. The molecule has 0 bridgehead atoms. The fourth-order valence-electron chi connectivity index (χ4n) is 3.42. The lowest BCUT2D eigenvalue weighted by Gasteiger charge is -2.19. The minimum atomic E-state index is 0.0284. The summed E-state index contributed by atoms with van der Waals surface area (Å²) in [5.41, 5.74) is 1.92. The van der Waals surface area contributed by atoms with Gasteiger partial charge in [-0.25, -0.2) is 9.97 Å². The van der Waals surface area contributed by atoms with Crippen LogP contribution in [0.1, 0.15) is 0 Å². The summed E-state index contributed by atoms with van der Waals surface area (Å²) >= 11 is 0. The summed E-state index contributed by atoms with van der Waals surface area (Å²) in [7, 11) is 7.62. The van der Waals surface area contributed by atoms with E-state index in [1.54, 1.807) is 25.7 Å². The first-order valence-electron chi connectivity index (χ1n) is 8.88. The molecular formula is C18H24N8O. The number of ether oxygens (including phenoxy) is 1. The van der Waals surface area contributed by atoms with Gasteiger partial charge in [-0.2, -0.15) is 4.98 Å². The average Bonchev–Trinajstić information content (AvgIpc) is 3.24. The molecule has 1 aliphatic rings. The maximum absolute atomic E-state index is 5.73. The van der Waals surface area contributed by atoms with Crippen LogP contribution in [0.5, 0.6) is 0 Å². The third kappa shape index (κ3) is 3.25. The first-order valence-corrected chi connectivity index (χ1v) is 8.88. The van der Waals surface area contributed by atoms with Crippen molar-refractivity contribution in [3.63, 3.8) is 0 Å². The number of rotatable bonds is 5. The van der Waals surface area contributed by atoms with E-state index >= 15 is 0 Å². The largest absolute Gasteiger partial charge is 0.377 e. The Balaban J connectivity index is 1.56. The second-order valence-electron chi connectivity index (χ2n) is 6.90. The number of fused-ring (bicyclic) bond motifs is 1. The van der Waals surface area contributed by atoms with Crippen molar-refractivity contribution in [1.29, 1.82) is 0 Å². The molecule has 0 spiro atoms. The molecule has 1 fully saturated rings. The molecule has 1 N–H and O–H groups in total. The highest BCUT2D eigenvalue weighted by Gasteiger charge is 2.34. The van der Waals surface area contributed by atoms with E-state index in [1.807, 2.05) is 42.7 Å². The van der Waals surface area contributed by atoms with Crippen molar-refractivity contribution in [1.82, 2.24) is 24.5 Å². The van der Waals surface area contributed by atoms with Gasteiger partial charge in [0.25, 0.3) is 0 Å². The Morgan fingerprint density at radius 1 is 1.19 bits per heavy atom. The molecule has 27 heavy (non-hydrogen) atoms. The summed E-state index contributed by atoms with van der Waals surface area (Å²) < 4.78 is 7.77. The van der Waals surface area contributed by atoms with E-state index < -0.39 is 0 Å². The van der Waals surface area contributed by atoms with Gasteiger partial charge >= 0.3 is 0 Å². The van der Waals surface area contributed by atoms with Gasteiger partial charge < -0.3 is 24.4 Å². The van der Waals surface area contributed by atoms with Crippen LogP contribution in [-0.2, 0) is 11.8 Å². The van der Waals surface area contributed by atoms with E-state index in [1.165, 1.54) is 0 Å². The SMILES string of the molecule is CO[C@@H]1CN(c2ccnc(N(C)C)n2)C[C@@H]1Nc1nc2cnccc2n1C. The highest BCUT2D eigenvalue weighted by atomic mass is 16.5. The topological polar surface area (TPSA) is 84.2 Å². The summed E-state index contributed by atoms with van der Waals surface area (Å²) in [6.07, 6.45) is 5.37. The van der Waals surface area contributed by atoms with Crippen LogP contribution >= 0.6 is 0 Å². The fourth-order valence-corrected chi connectivity index (χ4v) is 3.42. The van der Waals surface area contributed by atoms with Crippen LogP contribution in [0.4, 0.5) is 17.7 Å². The van der Waals surface area contributed by atoms with Gasteiger partial charge in [-0.1, -0.05) is 0 Å². The summed E-state index contributed by atoms with van der Waals surface area (Å²) in [6, 6.07) is 3.99. The van der Waals surface area contributed by atoms with Gasteiger partial charge in [0.2, 0.25) is 11.9 Å². The molecule has 1 saturated heterocycles. The van der Waals surface area contributed by atoms with Crippen LogP contribution < -0.4 is 15.1 Å². The highest BCUT2D eigenvalue weighted by molar-refractivity contribution is 5.77. The lowest BCUT2D eigenvalue weighted by molar-refractivity contribution is 0.112. The Hall–Kier alpha value is -2.94. The Bertz CT molecular complexity index is 940. The molecule has 1 aliphatic heterocycles. The Kier molecular flexibility index (Phi) is 4.53. The van der Waals surface area contributed by atoms with Crippen LogP contribution in [0.25, 0.3) is 11.0 Å². The zero-order chi connectivity index (χ0) is 19.0. The van der Waals surface area contributed by atoms with Crippen LogP contribution in [-0.4, -0.2) is 70.9 Å². The Morgan fingerprint density at radius 3 is 2.78 bits per heavy atom. The van der Waals surface area contributed by atoms with Crippen molar-refractivity contribution in [2.24, 2.45) is 7.05 Å². The fraction of sp³-hybridized carbons (Fsp3) is 0.444. The van der Waals surface area contributed by atoms with Gasteiger partial charge in [-0.3, -0.25) is 4.98 Å². The summed E-state index contributed by atoms with van der Waals surface area (Å²) in [5, 5.41) is 3.54. The molecule has 3 aromatic heterocycles. The molecular weight excluding hydrogens is 344 g/mol. The number of pyridine rings is 1. The normalized spacial score (nSPS) is 19.6. The maximum Gasteiger partial charge on any atom is 0.226 e. The predicted molar refractivity (Wildman–Crippen MR) is 105 cm³/mol. The van der Waals surface area contributed by atoms with E-state index in [2.05, 4.69) is 30.2 Å². The zero-order valence-corrected chi connectivity index (χ0v) is 16.0. The standard InChI is InChI=1S/C18H24N8O/c1-24(2)17-20-8-6-16(23-17)26-10-13(15(11-26)27-4)22-18-21-12-9-19-7-5-14(12)25(18)3/h5-9,13,15H,10-11H2,1-4H3,(H,21,22)/t13-,15+/m0/s1. The second-order valence-corrected chi connectivity index (χ2v) is 6.90. The molecule has 0 saturated carbocycles. The van der Waals surface area contributed by atoms with Crippen molar-refractivity contribution < 1.29 is 4.74 Å². The van der Waals surface area contributed by atoms with Gasteiger partial charge in [0.15, 0.2) is 0 Å². The van der Waals surface area contributed by atoms with Crippen molar-refractivity contribution in [2.75, 3.05) is 49.4 Å². The zero-order valence-electron chi connectivity index (χ0n) is 16.0. The van der Waals surface area contributed by atoms with Crippen molar-refractivity contribution in [2.45, 2.75) is 12.1 Å². The van der Waals surface area contributed by atoms with Gasteiger partial charge in [0.05, 0.1) is 23.9 Å². The molecule has 2 atom stereocenters. The number of aromatic nitrogens is 5. The Labute approximate surface area is 158 Å². The van der Waals surface area contributed by atoms with Gasteiger partial charge in [0.1, 0.15) is 11.3 Å². The summed E-state index contributed by atoms with van der Waals surface area (Å²) in [4.78, 5) is 21.9. The van der Waals surface area contributed by atoms with E-state index in [0.717, 1.165) is 35.9 Å².